The molecule has 4 aromatic rings. The molecule has 0 aliphatic rings. The van der Waals surface area contributed by atoms with Gasteiger partial charge in [-0.2, -0.15) is 0 Å². The second-order valence-corrected chi connectivity index (χ2v) is 9.52. The number of ketones is 1. The van der Waals surface area contributed by atoms with E-state index in [0.29, 0.717) is 32.6 Å². The summed E-state index contributed by atoms with van der Waals surface area (Å²) < 4.78 is 7.78. The lowest BCUT2D eigenvalue weighted by molar-refractivity contribution is 0.0950. The zero-order valence-electron chi connectivity index (χ0n) is 20.9. The number of para-hydroxylation sites is 1. The normalized spacial score (nSPS) is 11.3. The molecule has 0 saturated heterocycles. The maximum Gasteiger partial charge on any atom is 0.265 e. The van der Waals surface area contributed by atoms with Crippen LogP contribution in [0.25, 0.3) is 21.0 Å². The van der Waals surface area contributed by atoms with Gasteiger partial charge in [-0.15, -0.1) is 11.3 Å². The van der Waals surface area contributed by atoms with Crippen molar-refractivity contribution in [3.63, 3.8) is 0 Å². The first-order valence-corrected chi connectivity index (χ1v) is 13.0. The lowest BCUT2D eigenvalue weighted by Crippen LogP contribution is -2.29. The molecule has 1 N–H and O–H groups in total. The van der Waals surface area contributed by atoms with Crippen molar-refractivity contribution in [2.75, 3.05) is 33.3 Å². The fraction of sp³-hybridized carbons (Fsp3) is 0.321. The summed E-state index contributed by atoms with van der Waals surface area (Å²) in [6.45, 7) is 7.51. The molecule has 0 radical (unpaired) electrons. The highest BCUT2D eigenvalue weighted by Gasteiger charge is 2.25. The van der Waals surface area contributed by atoms with E-state index >= 15 is 0 Å². The van der Waals surface area contributed by atoms with Crippen LogP contribution in [0.15, 0.2) is 59.4 Å². The first-order chi connectivity index (χ1) is 17.5. The molecule has 1 amide bonds. The van der Waals surface area contributed by atoms with Crippen molar-refractivity contribution in [2.24, 2.45) is 0 Å². The number of nitrogens with zero attached hydrogens (tertiary/aromatic N) is 2. The van der Waals surface area contributed by atoms with E-state index in [1.165, 1.54) is 23.0 Å². The average molecular weight is 506 g/mol. The topological polar surface area (TPSA) is 80.6 Å². The Labute approximate surface area is 214 Å². The van der Waals surface area contributed by atoms with Crippen LogP contribution in [0.4, 0.5) is 0 Å². The molecule has 36 heavy (non-hydrogen) atoms. The molecular weight excluding hydrogens is 474 g/mol. The highest BCUT2D eigenvalue weighted by molar-refractivity contribution is 7.22. The fourth-order valence-corrected chi connectivity index (χ4v) is 5.64. The molecule has 8 heteroatoms. The largest absolute Gasteiger partial charge is 0.494 e. The van der Waals surface area contributed by atoms with E-state index in [2.05, 4.69) is 24.1 Å². The molecule has 0 saturated carbocycles. The van der Waals surface area contributed by atoms with Gasteiger partial charge in [-0.3, -0.25) is 19.0 Å². The third-order valence-corrected chi connectivity index (χ3v) is 7.60. The second-order valence-electron chi connectivity index (χ2n) is 8.50. The van der Waals surface area contributed by atoms with Crippen LogP contribution in [-0.4, -0.2) is 54.4 Å². The molecule has 2 aromatic carbocycles. The number of carbonyl (C=O) groups is 2. The Morgan fingerprint density at radius 2 is 1.72 bits per heavy atom. The van der Waals surface area contributed by atoms with Crippen molar-refractivity contribution in [1.82, 2.24) is 14.8 Å². The number of hydrogen-bond acceptors (Lipinski definition) is 6. The van der Waals surface area contributed by atoms with E-state index in [9.17, 15) is 14.4 Å². The number of Topliss-reactive ketones (excluding diaryl/α,β-unsaturated/α-hetero) is 1. The van der Waals surface area contributed by atoms with E-state index in [0.717, 1.165) is 31.4 Å². The van der Waals surface area contributed by atoms with Crippen molar-refractivity contribution in [3.05, 3.63) is 75.4 Å². The molecule has 0 bridgehead atoms. The average Bonchev–Trinajstić information content (AvgIpc) is 3.31. The van der Waals surface area contributed by atoms with Gasteiger partial charge in [0.25, 0.3) is 11.5 Å². The number of pyridine rings is 1. The minimum atomic E-state index is -0.346. The molecule has 4 rings (SSSR count). The number of fused-ring (bicyclic) bond motifs is 3. The summed E-state index contributed by atoms with van der Waals surface area (Å²) in [6.07, 6.45) is 0.831. The van der Waals surface area contributed by atoms with Crippen LogP contribution in [0.1, 0.15) is 40.3 Å². The van der Waals surface area contributed by atoms with Crippen molar-refractivity contribution in [2.45, 2.75) is 26.8 Å². The van der Waals surface area contributed by atoms with E-state index in [-0.39, 0.29) is 29.5 Å². The monoisotopic (exact) mass is 505 g/mol. The van der Waals surface area contributed by atoms with Crippen LogP contribution in [-0.2, 0) is 6.54 Å². The van der Waals surface area contributed by atoms with Crippen molar-refractivity contribution in [1.29, 1.82) is 0 Å². The number of nitrogens with one attached hydrogen (secondary N) is 1. The smallest absolute Gasteiger partial charge is 0.265 e. The first kappa shape index (κ1) is 25.6. The Hall–Kier alpha value is -3.49. The van der Waals surface area contributed by atoms with E-state index in [1.54, 1.807) is 24.3 Å². The summed E-state index contributed by atoms with van der Waals surface area (Å²) in [6, 6.07) is 16.4. The second kappa shape index (κ2) is 11.5. The molecular formula is C28H31N3O4S. The molecule has 188 valence electrons. The van der Waals surface area contributed by atoms with Crippen LogP contribution >= 0.6 is 11.3 Å². The number of amides is 1. The molecule has 7 nitrogen and oxygen atoms in total. The van der Waals surface area contributed by atoms with Crippen LogP contribution in [0.2, 0.25) is 0 Å². The van der Waals surface area contributed by atoms with Gasteiger partial charge in [0.05, 0.1) is 23.9 Å². The minimum Gasteiger partial charge on any atom is -0.494 e. The number of carbonyl (C=O) groups excluding carboxylic acids is 2. The molecule has 2 heterocycles. The van der Waals surface area contributed by atoms with Crippen LogP contribution in [0, 0.1) is 0 Å². The number of aromatic nitrogens is 1. The predicted molar refractivity (Wildman–Crippen MR) is 146 cm³/mol. The number of hydrogen-bond donors (Lipinski definition) is 1. The van der Waals surface area contributed by atoms with Gasteiger partial charge in [0.2, 0.25) is 0 Å². The molecule has 2 aromatic heterocycles. The zero-order chi connectivity index (χ0) is 25.7. The Kier molecular flexibility index (Phi) is 8.18. The number of methoxy groups -OCH3 is 1. The first-order valence-electron chi connectivity index (χ1n) is 12.2. The minimum absolute atomic E-state index is 0.106. The Balaban J connectivity index is 1.72. The van der Waals surface area contributed by atoms with Gasteiger partial charge in [-0.1, -0.05) is 62.4 Å². The van der Waals surface area contributed by atoms with Gasteiger partial charge >= 0.3 is 0 Å². The summed E-state index contributed by atoms with van der Waals surface area (Å²) in [5, 5.41) is 4.11. The SMILES string of the molecule is CCN(CC)CCCNC(=O)c1sc2c(c1OC)c(=O)n(CC(=O)c1ccccc1)c1ccccc21. The van der Waals surface area contributed by atoms with Gasteiger partial charge in [0.15, 0.2) is 11.5 Å². The van der Waals surface area contributed by atoms with Crippen LogP contribution in [0.3, 0.4) is 0 Å². The summed E-state index contributed by atoms with van der Waals surface area (Å²) in [7, 11) is 1.47. The standard InChI is InChI=1S/C28H31N3O4S/c1-4-30(5-2)17-11-16-29-27(33)26-24(35-3)23-25(36-26)20-14-9-10-15-21(20)31(28(23)34)18-22(32)19-12-7-6-8-13-19/h6-10,12-15H,4-5,11,16-18H2,1-3H3,(H,29,33). The van der Waals surface area contributed by atoms with Gasteiger partial charge < -0.3 is 15.0 Å². The van der Waals surface area contributed by atoms with E-state index < -0.39 is 0 Å². The fourth-order valence-electron chi connectivity index (χ4n) is 4.43. The highest BCUT2D eigenvalue weighted by Crippen LogP contribution is 2.39. The summed E-state index contributed by atoms with van der Waals surface area (Å²) in [5.41, 5.74) is 0.840. The number of rotatable bonds is 11. The highest BCUT2D eigenvalue weighted by atomic mass is 32.1. The maximum absolute atomic E-state index is 13.7. The number of thiophene rings is 1. The number of benzene rings is 2. The van der Waals surface area contributed by atoms with Gasteiger partial charge in [0, 0.05) is 17.5 Å². The molecule has 0 spiro atoms. The molecule has 0 aliphatic heterocycles. The van der Waals surface area contributed by atoms with Crippen LogP contribution < -0.4 is 15.6 Å². The molecule has 0 fully saturated rings. The van der Waals surface area contributed by atoms with Gasteiger partial charge in [-0.25, -0.2) is 0 Å². The zero-order valence-corrected chi connectivity index (χ0v) is 21.7. The summed E-state index contributed by atoms with van der Waals surface area (Å²) >= 11 is 1.25. The lowest BCUT2D eigenvalue weighted by atomic mass is 10.1. The third-order valence-electron chi connectivity index (χ3n) is 6.40. The van der Waals surface area contributed by atoms with Crippen LogP contribution in [0.5, 0.6) is 5.75 Å². The van der Waals surface area contributed by atoms with Crippen molar-refractivity contribution < 1.29 is 14.3 Å². The Bertz CT molecular complexity index is 1440. The number of ether oxygens (including phenoxy) is 1. The van der Waals surface area contributed by atoms with E-state index in [4.69, 9.17) is 4.74 Å². The Morgan fingerprint density at radius 3 is 2.42 bits per heavy atom. The summed E-state index contributed by atoms with van der Waals surface area (Å²) in [5.74, 6) is -0.168. The van der Waals surface area contributed by atoms with E-state index in [1.807, 2.05) is 30.3 Å². The van der Waals surface area contributed by atoms with Gasteiger partial charge in [-0.05, 0) is 32.1 Å². The molecule has 0 atom stereocenters. The van der Waals surface area contributed by atoms with Gasteiger partial charge in [0.1, 0.15) is 10.3 Å². The summed E-state index contributed by atoms with van der Waals surface area (Å²) in [4.78, 5) is 42.5. The predicted octanol–water partition coefficient (Wildman–Crippen LogP) is 4.57. The molecule has 0 unspecified atom stereocenters. The van der Waals surface area contributed by atoms with Crippen molar-refractivity contribution >= 4 is 44.0 Å². The quantitative estimate of drug-likeness (QED) is 0.239. The third kappa shape index (κ3) is 5.05. The molecule has 0 aliphatic carbocycles. The maximum atomic E-state index is 13.7. The Morgan fingerprint density at radius 1 is 1.03 bits per heavy atom. The van der Waals surface area contributed by atoms with Crippen molar-refractivity contribution in [3.8, 4) is 5.75 Å². The lowest BCUT2D eigenvalue weighted by Gasteiger charge is -2.17.